The molecule has 2 heterocycles. The first kappa shape index (κ1) is 26.4. The number of hydrogen-bond acceptors (Lipinski definition) is 1. The number of fused-ring (bicyclic) bond motifs is 9. The van der Waals surface area contributed by atoms with Crippen molar-refractivity contribution in [2.75, 3.05) is 0 Å². The average molecular weight is 602 g/mol. The third-order valence-corrected chi connectivity index (χ3v) is 10.3. The summed E-state index contributed by atoms with van der Waals surface area (Å²) in [5, 5.41) is 4.93. The molecule has 0 saturated heterocycles. The molecule has 1 aliphatic carbocycles. The molecule has 0 fully saturated rings. The summed E-state index contributed by atoms with van der Waals surface area (Å²) in [5.41, 5.74) is 14.9. The molecule has 0 radical (unpaired) electrons. The molecule has 10 rings (SSSR count). The zero-order valence-electron chi connectivity index (χ0n) is 25.9. The van der Waals surface area contributed by atoms with Gasteiger partial charge in [0.05, 0.1) is 11.0 Å². The van der Waals surface area contributed by atoms with Crippen LogP contribution in [0.5, 0.6) is 0 Å². The van der Waals surface area contributed by atoms with Gasteiger partial charge in [-0.2, -0.15) is 0 Å². The van der Waals surface area contributed by atoms with Crippen molar-refractivity contribution in [1.82, 2.24) is 4.57 Å². The second-order valence-corrected chi connectivity index (χ2v) is 12.8. The van der Waals surface area contributed by atoms with E-state index in [1.165, 1.54) is 77.2 Å². The first-order valence-electron chi connectivity index (χ1n) is 16.5. The van der Waals surface area contributed by atoms with Crippen LogP contribution in [0, 0.1) is 0 Å². The van der Waals surface area contributed by atoms with Gasteiger partial charge in [0.15, 0.2) is 0 Å². The molecule has 1 atom stereocenters. The zero-order valence-corrected chi connectivity index (χ0v) is 25.9. The van der Waals surface area contributed by atoms with E-state index in [0.717, 1.165) is 24.0 Å². The van der Waals surface area contributed by atoms with Crippen LogP contribution in [-0.4, -0.2) is 4.57 Å². The van der Waals surface area contributed by atoms with Gasteiger partial charge in [-0.3, -0.25) is 0 Å². The summed E-state index contributed by atoms with van der Waals surface area (Å²) < 4.78 is 8.55. The van der Waals surface area contributed by atoms with Gasteiger partial charge in [-0.1, -0.05) is 103 Å². The van der Waals surface area contributed by atoms with Crippen molar-refractivity contribution in [1.29, 1.82) is 0 Å². The molecule has 0 bridgehead atoms. The monoisotopic (exact) mass is 601 g/mol. The molecule has 0 saturated carbocycles. The fraction of sp³-hybridized carbons (Fsp3) is 0.0667. The Morgan fingerprint density at radius 2 is 1.21 bits per heavy atom. The SMILES string of the molecule is c1ccc(-n2c3ccccc3c3cc(-c4ccc5c(c4)-c4ccccc4C(c4ccc6oc7ccccc7c6c4)CC5)ccc32)cc1. The Labute approximate surface area is 273 Å². The molecule has 47 heavy (non-hydrogen) atoms. The van der Waals surface area contributed by atoms with Crippen molar-refractivity contribution in [3.05, 3.63) is 174 Å². The van der Waals surface area contributed by atoms with Crippen LogP contribution in [0.2, 0.25) is 0 Å². The molecule has 2 aromatic heterocycles. The van der Waals surface area contributed by atoms with Crippen LogP contribution in [0.4, 0.5) is 0 Å². The average Bonchev–Trinajstić information content (AvgIpc) is 3.62. The van der Waals surface area contributed by atoms with Crippen LogP contribution in [0.25, 0.3) is 71.7 Å². The van der Waals surface area contributed by atoms with Gasteiger partial charge in [-0.05, 0) is 106 Å². The van der Waals surface area contributed by atoms with Crippen molar-refractivity contribution in [3.63, 3.8) is 0 Å². The Morgan fingerprint density at radius 1 is 0.489 bits per heavy atom. The van der Waals surface area contributed by atoms with E-state index in [1.54, 1.807) is 0 Å². The fourth-order valence-electron chi connectivity index (χ4n) is 8.04. The molecule has 0 aliphatic heterocycles. The molecule has 2 heteroatoms. The van der Waals surface area contributed by atoms with Gasteiger partial charge >= 0.3 is 0 Å². The number of rotatable bonds is 3. The van der Waals surface area contributed by atoms with Gasteiger partial charge in [-0.25, -0.2) is 0 Å². The van der Waals surface area contributed by atoms with Crippen LogP contribution < -0.4 is 0 Å². The minimum atomic E-state index is 0.306. The summed E-state index contributed by atoms with van der Waals surface area (Å²) in [4.78, 5) is 0. The molecule has 1 aliphatic rings. The van der Waals surface area contributed by atoms with Crippen molar-refractivity contribution in [3.8, 4) is 27.9 Å². The minimum absolute atomic E-state index is 0.306. The lowest BCUT2D eigenvalue weighted by atomic mass is 9.85. The van der Waals surface area contributed by atoms with E-state index in [0.29, 0.717) is 5.92 Å². The topological polar surface area (TPSA) is 18.1 Å². The van der Waals surface area contributed by atoms with Gasteiger partial charge in [0, 0.05) is 33.2 Å². The summed E-state index contributed by atoms with van der Waals surface area (Å²) in [6.45, 7) is 0. The van der Waals surface area contributed by atoms with E-state index in [4.69, 9.17) is 4.42 Å². The number of para-hydroxylation sites is 3. The highest BCUT2D eigenvalue weighted by Gasteiger charge is 2.25. The van der Waals surface area contributed by atoms with Gasteiger partial charge in [0.1, 0.15) is 11.2 Å². The molecule has 0 N–H and O–H groups in total. The van der Waals surface area contributed by atoms with Crippen molar-refractivity contribution < 1.29 is 4.42 Å². The van der Waals surface area contributed by atoms with E-state index in [2.05, 4.69) is 156 Å². The van der Waals surface area contributed by atoms with Crippen molar-refractivity contribution >= 4 is 43.7 Å². The normalized spacial score (nSPS) is 14.4. The van der Waals surface area contributed by atoms with Crippen LogP contribution in [0.15, 0.2) is 162 Å². The standard InChI is InChI=1S/C45H31NO/c1-2-10-33(11-3-1)46-42-16-8-6-14-37(42)40-27-31(21-24-43(40)46)30-19-18-29-20-23-34(35-12-4-5-13-36(35)39(29)26-30)32-22-25-45-41(28-32)38-15-7-9-17-44(38)47-45/h1-19,21-22,24-28,34H,20,23H2. The minimum Gasteiger partial charge on any atom is -0.456 e. The maximum atomic E-state index is 6.17. The lowest BCUT2D eigenvalue weighted by Crippen LogP contribution is -2.02. The van der Waals surface area contributed by atoms with Crippen LogP contribution in [0.3, 0.4) is 0 Å². The van der Waals surface area contributed by atoms with E-state index in [9.17, 15) is 0 Å². The predicted molar refractivity (Wildman–Crippen MR) is 196 cm³/mol. The third-order valence-electron chi connectivity index (χ3n) is 10.3. The molecular weight excluding hydrogens is 571 g/mol. The second kappa shape index (κ2) is 10.3. The smallest absolute Gasteiger partial charge is 0.135 e. The molecule has 2 nitrogen and oxygen atoms in total. The largest absolute Gasteiger partial charge is 0.456 e. The van der Waals surface area contributed by atoms with Crippen LogP contribution >= 0.6 is 0 Å². The lowest BCUT2D eigenvalue weighted by Gasteiger charge is -2.18. The predicted octanol–water partition coefficient (Wildman–Crippen LogP) is 12.1. The van der Waals surface area contributed by atoms with Gasteiger partial charge in [0.2, 0.25) is 0 Å². The molecule has 0 spiro atoms. The quantitative estimate of drug-likeness (QED) is 0.197. The van der Waals surface area contributed by atoms with E-state index in [-0.39, 0.29) is 0 Å². The Kier molecular flexibility index (Phi) is 5.80. The summed E-state index contributed by atoms with van der Waals surface area (Å²) in [7, 11) is 0. The highest BCUT2D eigenvalue weighted by atomic mass is 16.3. The summed E-state index contributed by atoms with van der Waals surface area (Å²) in [5.74, 6) is 0.306. The molecule has 9 aromatic rings. The Morgan fingerprint density at radius 3 is 2.15 bits per heavy atom. The van der Waals surface area contributed by atoms with E-state index < -0.39 is 0 Å². The first-order chi connectivity index (χ1) is 23.3. The molecular formula is C45H31NO. The second-order valence-electron chi connectivity index (χ2n) is 12.8. The Balaban J connectivity index is 1.10. The highest BCUT2D eigenvalue weighted by Crippen LogP contribution is 2.44. The van der Waals surface area contributed by atoms with E-state index >= 15 is 0 Å². The summed E-state index contributed by atoms with van der Waals surface area (Å²) in [6.07, 6.45) is 2.10. The van der Waals surface area contributed by atoms with E-state index in [1.807, 2.05) is 6.07 Å². The Bertz CT molecular complexity index is 2640. The van der Waals surface area contributed by atoms with Crippen molar-refractivity contribution in [2.45, 2.75) is 18.8 Å². The summed E-state index contributed by atoms with van der Waals surface area (Å²) in [6, 6.07) is 57.7. The number of nitrogens with zero attached hydrogens (tertiary/aromatic N) is 1. The van der Waals surface area contributed by atoms with Crippen molar-refractivity contribution in [2.24, 2.45) is 0 Å². The first-order valence-corrected chi connectivity index (χ1v) is 16.5. The number of furan rings is 1. The number of aryl methyl sites for hydroxylation is 1. The molecule has 1 unspecified atom stereocenters. The lowest BCUT2D eigenvalue weighted by molar-refractivity contribution is 0.668. The zero-order chi connectivity index (χ0) is 30.9. The highest BCUT2D eigenvalue weighted by molar-refractivity contribution is 6.10. The van der Waals surface area contributed by atoms with Crippen LogP contribution in [-0.2, 0) is 6.42 Å². The maximum absolute atomic E-state index is 6.17. The molecule has 0 amide bonds. The third kappa shape index (κ3) is 4.11. The number of aromatic nitrogens is 1. The number of hydrogen-bond donors (Lipinski definition) is 0. The Hall–Kier alpha value is -5.86. The maximum Gasteiger partial charge on any atom is 0.135 e. The molecule has 222 valence electrons. The number of benzene rings is 7. The fourth-order valence-corrected chi connectivity index (χ4v) is 8.04. The van der Waals surface area contributed by atoms with Crippen LogP contribution in [0.1, 0.15) is 29.0 Å². The van der Waals surface area contributed by atoms with Gasteiger partial charge in [-0.15, -0.1) is 0 Å². The van der Waals surface area contributed by atoms with Gasteiger partial charge in [0.25, 0.3) is 0 Å². The van der Waals surface area contributed by atoms with Gasteiger partial charge < -0.3 is 8.98 Å². The molecule has 7 aromatic carbocycles. The summed E-state index contributed by atoms with van der Waals surface area (Å²) >= 11 is 0.